The highest BCUT2D eigenvalue weighted by Gasteiger charge is 2.53. The lowest BCUT2D eigenvalue weighted by Gasteiger charge is -2.51. The Balaban J connectivity index is 1.56. The predicted molar refractivity (Wildman–Crippen MR) is 133 cm³/mol. The number of halogens is 2. The average molecular weight is 578 g/mol. The number of nitrogens with zero attached hydrogens (tertiary/aromatic N) is 1. The van der Waals surface area contributed by atoms with Crippen molar-refractivity contribution >= 4 is 66.0 Å². The zero-order valence-corrected chi connectivity index (χ0v) is 21.5. The number of benzene rings is 1. The first kappa shape index (κ1) is 22.0. The van der Waals surface area contributed by atoms with E-state index in [2.05, 4.69) is 37.2 Å². The van der Waals surface area contributed by atoms with Crippen LogP contribution in [0.4, 0.5) is 0 Å². The third-order valence-corrected chi connectivity index (χ3v) is 9.43. The van der Waals surface area contributed by atoms with Gasteiger partial charge in [0.1, 0.15) is 0 Å². The summed E-state index contributed by atoms with van der Waals surface area (Å²) in [4.78, 5) is 31.4. The van der Waals surface area contributed by atoms with E-state index in [4.69, 9.17) is 4.98 Å². The number of hydrogen-bond acceptors (Lipinski definition) is 4. The molecule has 1 amide bonds. The van der Waals surface area contributed by atoms with Crippen molar-refractivity contribution in [1.82, 2.24) is 10.3 Å². The second kappa shape index (κ2) is 7.92. The molecule has 3 aliphatic rings. The molecular formula is C24H22Br2N2O3S. The third-order valence-electron chi connectivity index (χ3n) is 7.30. The highest BCUT2D eigenvalue weighted by Crippen LogP contribution is 2.52. The summed E-state index contributed by atoms with van der Waals surface area (Å²) in [7, 11) is 0. The van der Waals surface area contributed by atoms with Crippen LogP contribution in [-0.2, 0) is 4.79 Å². The van der Waals surface area contributed by atoms with Crippen molar-refractivity contribution in [3.63, 3.8) is 0 Å². The Morgan fingerprint density at radius 1 is 1.06 bits per heavy atom. The van der Waals surface area contributed by atoms with E-state index in [0.717, 1.165) is 35.3 Å². The molecule has 5 nitrogen and oxygen atoms in total. The molecule has 0 aliphatic heterocycles. The van der Waals surface area contributed by atoms with Crippen LogP contribution >= 0.6 is 43.2 Å². The van der Waals surface area contributed by atoms with Crippen LogP contribution in [0.25, 0.3) is 21.5 Å². The molecule has 2 N–H and O–H groups in total. The largest absolute Gasteiger partial charge is 0.481 e. The second-order valence-electron chi connectivity index (χ2n) is 9.05. The minimum Gasteiger partial charge on any atom is -0.481 e. The maximum atomic E-state index is 13.8. The van der Waals surface area contributed by atoms with Crippen molar-refractivity contribution in [2.75, 3.05) is 0 Å². The van der Waals surface area contributed by atoms with E-state index in [1.165, 1.54) is 0 Å². The van der Waals surface area contributed by atoms with E-state index < -0.39 is 11.4 Å². The number of thiophene rings is 1. The first-order valence-electron chi connectivity index (χ1n) is 10.6. The highest BCUT2D eigenvalue weighted by atomic mass is 79.9. The zero-order valence-electron chi connectivity index (χ0n) is 17.5. The summed E-state index contributed by atoms with van der Waals surface area (Å²) in [5.41, 5.74) is 2.16. The molecule has 3 aromatic rings. The van der Waals surface area contributed by atoms with Gasteiger partial charge >= 0.3 is 5.97 Å². The lowest BCUT2D eigenvalue weighted by Crippen LogP contribution is -2.58. The zero-order chi connectivity index (χ0) is 22.7. The maximum absolute atomic E-state index is 13.8. The van der Waals surface area contributed by atoms with Gasteiger partial charge in [0.2, 0.25) is 0 Å². The fourth-order valence-corrected chi connectivity index (χ4v) is 7.10. The Hall–Kier alpha value is -1.77. The summed E-state index contributed by atoms with van der Waals surface area (Å²) in [5, 5.41) is 13.8. The minimum absolute atomic E-state index is 0.102. The molecule has 0 radical (unpaired) electrons. The number of carbonyl (C=O) groups is 2. The number of amides is 1. The van der Waals surface area contributed by atoms with Gasteiger partial charge in [0, 0.05) is 15.4 Å². The molecule has 3 fully saturated rings. The first-order valence-corrected chi connectivity index (χ1v) is 13.0. The standard InChI is InChI=1S/C24H22Br2N2O3S/c1-13-19(21(29)28-24-9-6-23(7-10-24,8-11-24)22(30)31)15-12-14(25)2-3-16(15)27-20(13)17-4-5-18(26)32-17/h2-5,12H,6-11H2,1H3,(H,28,29)(H,30,31). The summed E-state index contributed by atoms with van der Waals surface area (Å²) >= 11 is 8.65. The number of carbonyl (C=O) groups excluding carboxylic acids is 1. The average Bonchev–Trinajstić information content (AvgIpc) is 3.20. The van der Waals surface area contributed by atoms with E-state index in [-0.39, 0.29) is 11.4 Å². The van der Waals surface area contributed by atoms with Crippen molar-refractivity contribution in [3.05, 3.63) is 49.7 Å². The second-order valence-corrected chi connectivity index (χ2v) is 12.4. The fraction of sp³-hybridized carbons (Fsp3) is 0.375. The SMILES string of the molecule is Cc1c(-c2ccc(Br)s2)nc2ccc(Br)cc2c1C(=O)NC12CCC(C(=O)O)(CC1)CC2. The number of aromatic nitrogens is 1. The molecule has 166 valence electrons. The van der Waals surface area contributed by atoms with Gasteiger partial charge in [-0.25, -0.2) is 4.98 Å². The normalized spacial score (nSPS) is 24.6. The molecule has 32 heavy (non-hydrogen) atoms. The van der Waals surface area contributed by atoms with E-state index in [1.807, 2.05) is 37.3 Å². The molecule has 0 atom stereocenters. The minimum atomic E-state index is -0.690. The van der Waals surface area contributed by atoms with E-state index in [9.17, 15) is 14.7 Å². The van der Waals surface area contributed by atoms with E-state index in [0.29, 0.717) is 44.1 Å². The molecule has 0 unspecified atom stereocenters. The number of fused-ring (bicyclic) bond motifs is 4. The van der Waals surface area contributed by atoms with Crippen LogP contribution in [0.5, 0.6) is 0 Å². The first-order chi connectivity index (χ1) is 15.2. The van der Waals surface area contributed by atoms with Crippen LogP contribution in [0.2, 0.25) is 0 Å². The maximum Gasteiger partial charge on any atom is 0.309 e. The quantitative estimate of drug-likeness (QED) is 0.361. The van der Waals surface area contributed by atoms with Gasteiger partial charge in [-0.15, -0.1) is 11.3 Å². The molecule has 2 aromatic heterocycles. The molecular weight excluding hydrogens is 556 g/mol. The lowest BCUT2D eigenvalue weighted by molar-refractivity contribution is -0.156. The summed E-state index contributed by atoms with van der Waals surface area (Å²) in [6, 6.07) is 9.83. The van der Waals surface area contributed by atoms with Gasteiger partial charge in [-0.3, -0.25) is 9.59 Å². The van der Waals surface area contributed by atoms with Crippen LogP contribution in [0.3, 0.4) is 0 Å². The van der Waals surface area contributed by atoms with Crippen LogP contribution < -0.4 is 5.32 Å². The Bertz CT molecular complexity index is 1250. The van der Waals surface area contributed by atoms with Gasteiger partial charge in [-0.05, 0) is 97.3 Å². The molecule has 6 rings (SSSR count). The highest BCUT2D eigenvalue weighted by molar-refractivity contribution is 9.11. The number of rotatable bonds is 4. The number of aliphatic carboxylic acids is 1. The molecule has 0 saturated heterocycles. The molecule has 8 heteroatoms. The Morgan fingerprint density at radius 2 is 1.75 bits per heavy atom. The summed E-state index contributed by atoms with van der Waals surface area (Å²) in [5.74, 6) is -0.792. The van der Waals surface area contributed by atoms with Gasteiger partial charge in [-0.2, -0.15) is 0 Å². The van der Waals surface area contributed by atoms with Crippen molar-refractivity contribution in [3.8, 4) is 10.6 Å². The Kier molecular flexibility index (Phi) is 5.46. The topological polar surface area (TPSA) is 79.3 Å². The molecule has 3 saturated carbocycles. The monoisotopic (exact) mass is 576 g/mol. The number of carboxylic acid groups (broad SMARTS) is 1. The van der Waals surface area contributed by atoms with E-state index >= 15 is 0 Å². The molecule has 3 aliphatic carbocycles. The van der Waals surface area contributed by atoms with Crippen LogP contribution in [0.15, 0.2) is 38.6 Å². The van der Waals surface area contributed by atoms with E-state index in [1.54, 1.807) is 11.3 Å². The van der Waals surface area contributed by atoms with Gasteiger partial charge in [0.25, 0.3) is 5.91 Å². The molecule has 2 bridgehead atoms. The molecule has 2 heterocycles. The number of pyridine rings is 1. The third kappa shape index (κ3) is 3.60. The smallest absolute Gasteiger partial charge is 0.309 e. The summed E-state index contributed by atoms with van der Waals surface area (Å²) < 4.78 is 1.91. The number of carboxylic acids is 1. The number of nitrogens with one attached hydrogen (secondary N) is 1. The lowest BCUT2D eigenvalue weighted by atomic mass is 9.57. The summed E-state index contributed by atoms with van der Waals surface area (Å²) in [6.07, 6.45) is 4.00. The van der Waals surface area contributed by atoms with Crippen LogP contribution in [0, 0.1) is 12.3 Å². The van der Waals surface area contributed by atoms with Crippen molar-refractivity contribution in [2.24, 2.45) is 5.41 Å². The number of hydrogen-bond donors (Lipinski definition) is 2. The van der Waals surface area contributed by atoms with Gasteiger partial charge in [0.15, 0.2) is 0 Å². The van der Waals surface area contributed by atoms with Crippen molar-refractivity contribution in [1.29, 1.82) is 0 Å². The Labute approximate surface area is 206 Å². The summed E-state index contributed by atoms with van der Waals surface area (Å²) in [6.45, 7) is 1.96. The van der Waals surface area contributed by atoms with Crippen molar-refractivity contribution in [2.45, 2.75) is 51.0 Å². The Morgan fingerprint density at radius 3 is 2.34 bits per heavy atom. The molecule has 1 aromatic carbocycles. The van der Waals surface area contributed by atoms with Crippen LogP contribution in [-0.4, -0.2) is 27.5 Å². The van der Waals surface area contributed by atoms with Crippen molar-refractivity contribution < 1.29 is 14.7 Å². The molecule has 0 spiro atoms. The fourth-order valence-electron chi connectivity index (χ4n) is 5.30. The van der Waals surface area contributed by atoms with Gasteiger partial charge < -0.3 is 10.4 Å². The van der Waals surface area contributed by atoms with Crippen LogP contribution in [0.1, 0.15) is 54.4 Å². The van der Waals surface area contributed by atoms with Gasteiger partial charge in [0.05, 0.1) is 30.9 Å². The van der Waals surface area contributed by atoms with Gasteiger partial charge in [-0.1, -0.05) is 15.9 Å². The predicted octanol–water partition coefficient (Wildman–Crippen LogP) is 6.70.